The number of imide groups is 1. The topological polar surface area (TPSA) is 105 Å². The SMILES string of the molecule is Cc1ccc(NC(=O)COC(=O)CN2C(=O)N[C@@](C)(CCC(C)C)C2=O)c(C)c1. The first-order valence-electron chi connectivity index (χ1n) is 9.68. The molecule has 1 aromatic carbocycles. The number of amides is 4. The van der Waals surface area contributed by atoms with Crippen molar-refractivity contribution in [2.45, 2.75) is 53.0 Å². The van der Waals surface area contributed by atoms with Crippen molar-refractivity contribution in [1.29, 1.82) is 0 Å². The van der Waals surface area contributed by atoms with Crippen molar-refractivity contribution in [3.05, 3.63) is 29.3 Å². The number of benzene rings is 1. The minimum atomic E-state index is -1.03. The van der Waals surface area contributed by atoms with E-state index in [9.17, 15) is 19.2 Å². The third-order valence-electron chi connectivity index (χ3n) is 4.87. The summed E-state index contributed by atoms with van der Waals surface area (Å²) in [5.41, 5.74) is 1.57. The molecule has 0 aromatic heterocycles. The maximum atomic E-state index is 12.6. The number of rotatable bonds is 8. The van der Waals surface area contributed by atoms with Gasteiger partial charge >= 0.3 is 12.0 Å². The highest BCUT2D eigenvalue weighted by Crippen LogP contribution is 2.24. The molecule has 2 rings (SSSR count). The van der Waals surface area contributed by atoms with Gasteiger partial charge < -0.3 is 15.4 Å². The molecule has 1 saturated heterocycles. The summed E-state index contributed by atoms with van der Waals surface area (Å²) in [7, 11) is 0. The third kappa shape index (κ3) is 5.79. The molecule has 1 aliphatic heterocycles. The van der Waals surface area contributed by atoms with Crippen LogP contribution in [0.2, 0.25) is 0 Å². The lowest BCUT2D eigenvalue weighted by atomic mass is 9.92. The fourth-order valence-corrected chi connectivity index (χ4v) is 3.10. The molecular formula is C21H29N3O5. The molecule has 1 aromatic rings. The lowest BCUT2D eigenvalue weighted by Gasteiger charge is -2.22. The van der Waals surface area contributed by atoms with Crippen LogP contribution in [0.4, 0.5) is 10.5 Å². The molecule has 1 heterocycles. The first-order chi connectivity index (χ1) is 13.5. The smallest absolute Gasteiger partial charge is 0.326 e. The van der Waals surface area contributed by atoms with E-state index < -0.39 is 42.5 Å². The zero-order valence-electron chi connectivity index (χ0n) is 17.6. The van der Waals surface area contributed by atoms with Gasteiger partial charge in [-0.2, -0.15) is 0 Å². The molecule has 0 radical (unpaired) electrons. The zero-order chi connectivity index (χ0) is 21.8. The van der Waals surface area contributed by atoms with E-state index in [0.717, 1.165) is 22.4 Å². The molecular weight excluding hydrogens is 374 g/mol. The molecule has 2 N–H and O–H groups in total. The number of nitrogens with zero attached hydrogens (tertiary/aromatic N) is 1. The van der Waals surface area contributed by atoms with Crippen molar-refractivity contribution < 1.29 is 23.9 Å². The van der Waals surface area contributed by atoms with E-state index in [1.165, 1.54) is 0 Å². The Labute approximate surface area is 171 Å². The van der Waals surface area contributed by atoms with Gasteiger partial charge in [0.1, 0.15) is 12.1 Å². The summed E-state index contributed by atoms with van der Waals surface area (Å²) in [4.78, 5) is 49.6. The molecule has 0 aliphatic carbocycles. The van der Waals surface area contributed by atoms with E-state index in [0.29, 0.717) is 18.0 Å². The maximum Gasteiger partial charge on any atom is 0.326 e. The minimum Gasteiger partial charge on any atom is -0.454 e. The zero-order valence-corrected chi connectivity index (χ0v) is 17.6. The average Bonchev–Trinajstić information content (AvgIpc) is 2.84. The summed E-state index contributed by atoms with van der Waals surface area (Å²) in [6, 6.07) is 4.94. The summed E-state index contributed by atoms with van der Waals surface area (Å²) in [6.45, 7) is 8.50. The Hall–Kier alpha value is -2.90. The highest BCUT2D eigenvalue weighted by atomic mass is 16.5. The highest BCUT2D eigenvalue weighted by Gasteiger charge is 2.48. The van der Waals surface area contributed by atoms with E-state index in [1.54, 1.807) is 13.0 Å². The molecule has 0 unspecified atom stereocenters. The van der Waals surface area contributed by atoms with Crippen LogP contribution >= 0.6 is 0 Å². The van der Waals surface area contributed by atoms with Gasteiger partial charge in [0.05, 0.1) is 0 Å². The van der Waals surface area contributed by atoms with Gasteiger partial charge in [-0.15, -0.1) is 0 Å². The van der Waals surface area contributed by atoms with Crippen LogP contribution < -0.4 is 10.6 Å². The number of hydrogen-bond acceptors (Lipinski definition) is 5. The van der Waals surface area contributed by atoms with Crippen molar-refractivity contribution in [2.75, 3.05) is 18.5 Å². The van der Waals surface area contributed by atoms with Crippen molar-refractivity contribution in [3.63, 3.8) is 0 Å². The second-order valence-corrected chi connectivity index (χ2v) is 8.11. The fourth-order valence-electron chi connectivity index (χ4n) is 3.10. The van der Waals surface area contributed by atoms with Crippen LogP contribution in [0.25, 0.3) is 0 Å². The van der Waals surface area contributed by atoms with E-state index in [2.05, 4.69) is 10.6 Å². The predicted molar refractivity (Wildman–Crippen MR) is 108 cm³/mol. The number of esters is 1. The molecule has 1 atom stereocenters. The Kier molecular flexibility index (Phi) is 7.00. The van der Waals surface area contributed by atoms with E-state index in [4.69, 9.17) is 4.74 Å². The average molecular weight is 403 g/mol. The number of hydrogen-bond donors (Lipinski definition) is 2. The van der Waals surface area contributed by atoms with Crippen LogP contribution in [0.15, 0.2) is 18.2 Å². The van der Waals surface area contributed by atoms with Gasteiger partial charge in [-0.25, -0.2) is 4.79 Å². The Morgan fingerprint density at radius 3 is 2.55 bits per heavy atom. The van der Waals surface area contributed by atoms with E-state index in [-0.39, 0.29) is 0 Å². The normalized spacial score (nSPS) is 18.8. The van der Waals surface area contributed by atoms with E-state index in [1.807, 2.05) is 39.8 Å². The Balaban J connectivity index is 1.86. The Bertz CT molecular complexity index is 821. The van der Waals surface area contributed by atoms with Crippen LogP contribution in [0, 0.1) is 19.8 Å². The van der Waals surface area contributed by atoms with Crippen LogP contribution in [0.1, 0.15) is 44.7 Å². The second-order valence-electron chi connectivity index (χ2n) is 8.11. The molecule has 29 heavy (non-hydrogen) atoms. The number of ether oxygens (including phenoxy) is 1. The van der Waals surface area contributed by atoms with Crippen molar-refractivity contribution in [2.24, 2.45) is 5.92 Å². The standard InChI is InChI=1S/C21H29N3O5/c1-13(2)8-9-21(5)19(27)24(20(28)23-21)11-18(26)29-12-17(25)22-16-7-6-14(3)10-15(16)4/h6-7,10,13H,8-9,11-12H2,1-5H3,(H,22,25)(H,23,28)/t21-/m0/s1. The highest BCUT2D eigenvalue weighted by molar-refractivity contribution is 6.08. The lowest BCUT2D eigenvalue weighted by molar-refractivity contribution is -0.150. The molecule has 1 aliphatic rings. The summed E-state index contributed by atoms with van der Waals surface area (Å²) < 4.78 is 4.94. The van der Waals surface area contributed by atoms with Gasteiger partial charge in [-0.3, -0.25) is 19.3 Å². The fraction of sp³-hybridized carbons (Fsp3) is 0.524. The van der Waals surface area contributed by atoms with Crippen LogP contribution in [-0.4, -0.2) is 47.4 Å². The first-order valence-corrected chi connectivity index (χ1v) is 9.68. The summed E-state index contributed by atoms with van der Waals surface area (Å²) in [5, 5.41) is 5.32. The van der Waals surface area contributed by atoms with Gasteiger partial charge in [0, 0.05) is 5.69 Å². The maximum absolute atomic E-state index is 12.6. The van der Waals surface area contributed by atoms with Crippen LogP contribution in [0.3, 0.4) is 0 Å². The minimum absolute atomic E-state index is 0.381. The molecule has 0 saturated carbocycles. The summed E-state index contributed by atoms with van der Waals surface area (Å²) >= 11 is 0. The predicted octanol–water partition coefficient (Wildman–Crippen LogP) is 2.53. The molecule has 1 fully saturated rings. The van der Waals surface area contributed by atoms with Crippen molar-refractivity contribution >= 4 is 29.5 Å². The molecule has 8 heteroatoms. The molecule has 4 amide bonds. The van der Waals surface area contributed by atoms with Gasteiger partial charge in [0.2, 0.25) is 0 Å². The number of anilines is 1. The third-order valence-corrected chi connectivity index (χ3v) is 4.87. The molecule has 8 nitrogen and oxygen atoms in total. The lowest BCUT2D eigenvalue weighted by Crippen LogP contribution is -2.44. The van der Waals surface area contributed by atoms with Crippen molar-refractivity contribution in [3.8, 4) is 0 Å². The largest absolute Gasteiger partial charge is 0.454 e. The van der Waals surface area contributed by atoms with Crippen molar-refractivity contribution in [1.82, 2.24) is 10.2 Å². The number of aryl methyl sites for hydroxylation is 2. The molecule has 158 valence electrons. The second kappa shape index (κ2) is 9.07. The van der Waals surface area contributed by atoms with Gasteiger partial charge in [-0.1, -0.05) is 31.5 Å². The number of urea groups is 1. The monoisotopic (exact) mass is 403 g/mol. The summed E-state index contributed by atoms with van der Waals surface area (Å²) in [6.07, 6.45) is 1.25. The number of carbonyl (C=O) groups excluding carboxylic acids is 4. The van der Waals surface area contributed by atoms with Crippen LogP contribution in [-0.2, 0) is 19.1 Å². The van der Waals surface area contributed by atoms with Gasteiger partial charge in [0.25, 0.3) is 11.8 Å². The number of nitrogens with one attached hydrogen (secondary N) is 2. The molecule has 0 bridgehead atoms. The first kappa shape index (κ1) is 22.4. The Morgan fingerprint density at radius 2 is 1.93 bits per heavy atom. The van der Waals surface area contributed by atoms with Crippen LogP contribution in [0.5, 0.6) is 0 Å². The summed E-state index contributed by atoms with van der Waals surface area (Å²) in [5.74, 6) is -1.40. The van der Waals surface area contributed by atoms with Gasteiger partial charge in [0.15, 0.2) is 6.61 Å². The number of carbonyl (C=O) groups is 4. The quantitative estimate of drug-likeness (QED) is 0.513. The molecule has 0 spiro atoms. The Morgan fingerprint density at radius 1 is 1.24 bits per heavy atom. The van der Waals surface area contributed by atoms with Gasteiger partial charge in [-0.05, 0) is 51.2 Å². The van der Waals surface area contributed by atoms with E-state index >= 15 is 0 Å².